The van der Waals surface area contributed by atoms with Crippen LogP contribution in [-0.2, 0) is 16.9 Å². The van der Waals surface area contributed by atoms with Crippen molar-refractivity contribution in [1.82, 2.24) is 9.55 Å². The van der Waals surface area contributed by atoms with Gasteiger partial charge in [0.15, 0.2) is 9.84 Å². The van der Waals surface area contributed by atoms with E-state index in [9.17, 15) is 8.42 Å². The lowest BCUT2D eigenvalue weighted by molar-refractivity contribution is 0.595. The van der Waals surface area contributed by atoms with E-state index in [1.165, 1.54) is 0 Å². The van der Waals surface area contributed by atoms with Gasteiger partial charge in [0.25, 0.3) is 0 Å². The fraction of sp³-hybridized carbons (Fsp3) is 0.364. The zero-order chi connectivity index (χ0) is 12.6. The van der Waals surface area contributed by atoms with Gasteiger partial charge in [-0.3, -0.25) is 0 Å². The Morgan fingerprint density at radius 1 is 1.41 bits per heavy atom. The lowest BCUT2D eigenvalue weighted by atomic mass is 10.3. The van der Waals surface area contributed by atoms with E-state index >= 15 is 0 Å². The molecule has 0 aliphatic carbocycles. The van der Waals surface area contributed by atoms with Gasteiger partial charge in [0.2, 0.25) is 5.95 Å². The summed E-state index contributed by atoms with van der Waals surface area (Å²) in [5.74, 6) is 0.538. The Bertz CT molecular complexity index is 659. The number of rotatable bonds is 3. The molecular formula is C11H15N3O2S. The lowest BCUT2D eigenvalue weighted by Crippen LogP contribution is -2.06. The minimum Gasteiger partial charge on any atom is -0.369 e. The largest absolute Gasteiger partial charge is 0.369 e. The van der Waals surface area contributed by atoms with Crippen LogP contribution >= 0.6 is 0 Å². The molecular weight excluding hydrogens is 238 g/mol. The lowest BCUT2D eigenvalue weighted by Gasteiger charge is -2.03. The molecule has 17 heavy (non-hydrogen) atoms. The predicted octanol–water partition coefficient (Wildman–Crippen LogP) is 1.34. The molecule has 2 N–H and O–H groups in total. The molecule has 0 aliphatic heterocycles. The number of aromatic nitrogens is 2. The Morgan fingerprint density at radius 3 is 2.76 bits per heavy atom. The van der Waals surface area contributed by atoms with Crippen LogP contribution in [0.4, 0.5) is 5.95 Å². The minimum absolute atomic E-state index is 0.159. The van der Waals surface area contributed by atoms with Crippen molar-refractivity contribution in [2.45, 2.75) is 18.2 Å². The maximum Gasteiger partial charge on any atom is 0.200 e. The highest BCUT2D eigenvalue weighted by Crippen LogP contribution is 2.21. The molecule has 1 aromatic heterocycles. The number of anilines is 1. The highest BCUT2D eigenvalue weighted by Gasteiger charge is 2.15. The van der Waals surface area contributed by atoms with E-state index in [0.717, 1.165) is 5.52 Å². The molecule has 0 atom stereocenters. The molecule has 0 bridgehead atoms. The standard InChI is InChI=1S/C11H15N3O2S/c1-3-6-17(15,16)8-4-5-9-10(7-8)14(2)11(12)13-9/h4-5,7H,3,6H2,1-2H3,(H2,12,13). The first-order valence-electron chi connectivity index (χ1n) is 5.40. The first kappa shape index (κ1) is 11.9. The maximum atomic E-state index is 11.9. The first-order valence-corrected chi connectivity index (χ1v) is 7.05. The van der Waals surface area contributed by atoms with Gasteiger partial charge in [-0.1, -0.05) is 6.92 Å². The second kappa shape index (κ2) is 4.03. The number of nitrogens with zero attached hydrogens (tertiary/aromatic N) is 2. The zero-order valence-electron chi connectivity index (χ0n) is 9.84. The zero-order valence-corrected chi connectivity index (χ0v) is 10.7. The number of hydrogen-bond acceptors (Lipinski definition) is 4. The fourth-order valence-corrected chi connectivity index (χ4v) is 3.11. The number of sulfone groups is 1. The number of fused-ring (bicyclic) bond motifs is 1. The van der Waals surface area contributed by atoms with Crippen molar-refractivity contribution in [3.63, 3.8) is 0 Å². The molecule has 1 aromatic carbocycles. The summed E-state index contributed by atoms with van der Waals surface area (Å²) in [5.41, 5.74) is 7.12. The summed E-state index contributed by atoms with van der Waals surface area (Å²) in [6.45, 7) is 1.85. The summed E-state index contributed by atoms with van der Waals surface area (Å²) in [6, 6.07) is 4.90. The SMILES string of the molecule is CCCS(=O)(=O)c1ccc2nc(N)n(C)c2c1. The average Bonchev–Trinajstić information content (AvgIpc) is 2.54. The van der Waals surface area contributed by atoms with Crippen molar-refractivity contribution in [3.8, 4) is 0 Å². The summed E-state index contributed by atoms with van der Waals surface area (Å²) in [6.07, 6.45) is 0.605. The molecule has 0 fully saturated rings. The van der Waals surface area contributed by atoms with Crippen LogP contribution in [0.2, 0.25) is 0 Å². The van der Waals surface area contributed by atoms with Crippen LogP contribution < -0.4 is 5.73 Å². The normalized spacial score (nSPS) is 12.1. The summed E-state index contributed by atoms with van der Waals surface area (Å²) in [5, 5.41) is 0. The second-order valence-electron chi connectivity index (χ2n) is 4.00. The Labute approximate surface area is 100 Å². The Morgan fingerprint density at radius 2 is 2.12 bits per heavy atom. The average molecular weight is 253 g/mol. The van der Waals surface area contributed by atoms with E-state index in [1.807, 2.05) is 6.92 Å². The summed E-state index contributed by atoms with van der Waals surface area (Å²) in [7, 11) is -1.43. The van der Waals surface area contributed by atoms with Crippen LogP contribution in [0.1, 0.15) is 13.3 Å². The van der Waals surface area contributed by atoms with Crippen molar-refractivity contribution in [1.29, 1.82) is 0 Å². The van der Waals surface area contributed by atoms with Crippen molar-refractivity contribution < 1.29 is 8.42 Å². The first-order chi connectivity index (χ1) is 7.95. The van der Waals surface area contributed by atoms with Crippen LogP contribution in [0.25, 0.3) is 11.0 Å². The molecule has 0 spiro atoms. The molecule has 1 heterocycles. The third-order valence-electron chi connectivity index (χ3n) is 2.72. The molecule has 5 nitrogen and oxygen atoms in total. The number of nitrogens with two attached hydrogens (primary N) is 1. The fourth-order valence-electron chi connectivity index (χ4n) is 1.77. The molecule has 6 heteroatoms. The summed E-state index contributed by atoms with van der Waals surface area (Å²) >= 11 is 0. The van der Waals surface area contributed by atoms with Crippen molar-refractivity contribution >= 4 is 26.8 Å². The smallest absolute Gasteiger partial charge is 0.200 e. The number of benzene rings is 1. The van der Waals surface area contributed by atoms with Crippen LogP contribution in [0.15, 0.2) is 23.1 Å². The van der Waals surface area contributed by atoms with Gasteiger partial charge in [-0.15, -0.1) is 0 Å². The summed E-state index contributed by atoms with van der Waals surface area (Å²) in [4.78, 5) is 4.46. The van der Waals surface area contributed by atoms with Crippen molar-refractivity contribution in [2.24, 2.45) is 7.05 Å². The second-order valence-corrected chi connectivity index (χ2v) is 6.11. The Hall–Kier alpha value is -1.56. The van der Waals surface area contributed by atoms with E-state index in [-0.39, 0.29) is 5.75 Å². The van der Waals surface area contributed by atoms with E-state index in [1.54, 1.807) is 29.8 Å². The quantitative estimate of drug-likeness (QED) is 0.895. The molecule has 0 amide bonds. The van der Waals surface area contributed by atoms with Crippen LogP contribution in [0.5, 0.6) is 0 Å². The predicted molar refractivity (Wildman–Crippen MR) is 67.5 cm³/mol. The summed E-state index contributed by atoms with van der Waals surface area (Å²) < 4.78 is 25.5. The Balaban J connectivity index is 2.62. The van der Waals surface area contributed by atoms with Gasteiger partial charge in [0.05, 0.1) is 21.7 Å². The number of nitrogen functional groups attached to an aromatic ring is 1. The molecule has 2 rings (SSSR count). The monoisotopic (exact) mass is 253 g/mol. The van der Waals surface area contributed by atoms with Crippen molar-refractivity contribution in [2.75, 3.05) is 11.5 Å². The molecule has 0 aliphatic rings. The van der Waals surface area contributed by atoms with Crippen LogP contribution in [0, 0.1) is 0 Å². The highest BCUT2D eigenvalue weighted by molar-refractivity contribution is 7.91. The van der Waals surface area contributed by atoms with Gasteiger partial charge >= 0.3 is 0 Å². The van der Waals surface area contributed by atoms with E-state index in [4.69, 9.17) is 5.73 Å². The molecule has 0 saturated carbocycles. The number of aryl methyl sites for hydroxylation is 1. The van der Waals surface area contributed by atoms with Gasteiger partial charge in [-0.2, -0.15) is 0 Å². The topological polar surface area (TPSA) is 78.0 Å². The molecule has 0 unspecified atom stereocenters. The van der Waals surface area contributed by atoms with E-state index in [0.29, 0.717) is 22.8 Å². The van der Waals surface area contributed by atoms with E-state index in [2.05, 4.69) is 4.98 Å². The van der Waals surface area contributed by atoms with Gasteiger partial charge in [-0.25, -0.2) is 13.4 Å². The number of hydrogen-bond donors (Lipinski definition) is 1. The minimum atomic E-state index is -3.19. The van der Waals surface area contributed by atoms with Gasteiger partial charge in [0, 0.05) is 7.05 Å². The Kier molecular flexibility index (Phi) is 2.82. The maximum absolute atomic E-state index is 11.9. The molecule has 0 radical (unpaired) electrons. The molecule has 0 saturated heterocycles. The van der Waals surface area contributed by atoms with Crippen LogP contribution in [-0.4, -0.2) is 23.7 Å². The highest BCUT2D eigenvalue weighted by atomic mass is 32.2. The van der Waals surface area contributed by atoms with Crippen molar-refractivity contribution in [3.05, 3.63) is 18.2 Å². The third-order valence-corrected chi connectivity index (χ3v) is 4.64. The molecule has 2 aromatic rings. The molecule has 92 valence electrons. The van der Waals surface area contributed by atoms with Gasteiger partial charge in [0.1, 0.15) is 0 Å². The van der Waals surface area contributed by atoms with E-state index < -0.39 is 9.84 Å². The third kappa shape index (κ3) is 2.00. The van der Waals surface area contributed by atoms with Gasteiger partial charge < -0.3 is 10.3 Å². The van der Waals surface area contributed by atoms with Crippen LogP contribution in [0.3, 0.4) is 0 Å². The number of imidazole rings is 1. The van der Waals surface area contributed by atoms with Gasteiger partial charge in [-0.05, 0) is 24.6 Å².